The average molecular weight is 477 g/mol. The number of ether oxygens (including phenoxy) is 1. The number of nitrogens with one attached hydrogen (secondary N) is 2. The van der Waals surface area contributed by atoms with Crippen LogP contribution in [0.5, 0.6) is 0 Å². The second-order valence-electron chi connectivity index (χ2n) is 7.73. The van der Waals surface area contributed by atoms with Gasteiger partial charge in [-0.05, 0) is 46.5 Å². The van der Waals surface area contributed by atoms with Crippen LogP contribution in [0, 0.1) is 0 Å². The van der Waals surface area contributed by atoms with Crippen LogP contribution in [-0.2, 0) is 9.53 Å². The van der Waals surface area contributed by atoms with E-state index in [-0.39, 0.29) is 24.2 Å². The predicted molar refractivity (Wildman–Crippen MR) is 132 cm³/mol. The van der Waals surface area contributed by atoms with Crippen molar-refractivity contribution in [2.24, 2.45) is 0 Å². The molecule has 0 aliphatic heterocycles. The number of carbonyl (C=O) groups is 3. The van der Waals surface area contributed by atoms with E-state index in [0.717, 1.165) is 11.1 Å². The molecule has 0 unspecified atom stereocenters. The van der Waals surface area contributed by atoms with Crippen molar-refractivity contribution in [1.29, 1.82) is 0 Å². The Labute approximate surface area is 201 Å². The van der Waals surface area contributed by atoms with Gasteiger partial charge in [0.2, 0.25) is 0 Å². The molecule has 34 heavy (non-hydrogen) atoms. The van der Waals surface area contributed by atoms with Crippen molar-refractivity contribution in [3.8, 4) is 11.1 Å². The van der Waals surface area contributed by atoms with E-state index in [1.54, 1.807) is 24.3 Å². The van der Waals surface area contributed by atoms with E-state index in [0.29, 0.717) is 23.5 Å². The molecule has 8 heteroatoms. The number of carboxylic acid groups (broad SMARTS) is 1. The fourth-order valence-corrected chi connectivity index (χ4v) is 4.52. The first-order valence-electron chi connectivity index (χ1n) is 10.8. The molecule has 3 aromatic rings. The van der Waals surface area contributed by atoms with Crippen LogP contribution in [0.1, 0.15) is 27.4 Å². The zero-order valence-electron chi connectivity index (χ0n) is 18.3. The first kappa shape index (κ1) is 23.4. The Morgan fingerprint density at radius 3 is 2.12 bits per heavy atom. The van der Waals surface area contributed by atoms with Crippen LogP contribution in [-0.4, -0.2) is 47.7 Å². The summed E-state index contributed by atoms with van der Waals surface area (Å²) in [6.45, 7) is 0.594. The summed E-state index contributed by atoms with van der Waals surface area (Å²) < 4.78 is 5.54. The summed E-state index contributed by atoms with van der Waals surface area (Å²) in [5, 5.41) is 14.0. The Bertz CT molecular complexity index is 1150. The molecular formula is C26H24N2O5S. The number of benzene rings is 3. The molecule has 2 amide bonds. The lowest BCUT2D eigenvalue weighted by molar-refractivity contribution is -0.133. The topological polar surface area (TPSA) is 105 Å². The van der Waals surface area contributed by atoms with E-state index in [1.165, 1.54) is 22.9 Å². The lowest BCUT2D eigenvalue weighted by Gasteiger charge is -2.14. The number of hydrogen-bond acceptors (Lipinski definition) is 5. The van der Waals surface area contributed by atoms with Gasteiger partial charge in [-0.3, -0.25) is 14.9 Å². The van der Waals surface area contributed by atoms with E-state index in [9.17, 15) is 14.4 Å². The van der Waals surface area contributed by atoms with Gasteiger partial charge in [0.05, 0.1) is 5.75 Å². The minimum Gasteiger partial charge on any atom is -0.481 e. The maximum Gasteiger partial charge on any atom is 0.411 e. The SMILES string of the molecule is O=C(O)CSCCNC(=O)c1ccc(NC(=O)OCC2c3ccccc3-c3ccccc32)cc1. The molecule has 0 radical (unpaired) electrons. The average Bonchev–Trinajstić information content (AvgIpc) is 3.16. The Morgan fingerprint density at radius 1 is 0.882 bits per heavy atom. The number of fused-ring (bicyclic) bond motifs is 3. The van der Waals surface area contributed by atoms with Crippen molar-refractivity contribution in [3.63, 3.8) is 0 Å². The Hall–Kier alpha value is -3.78. The third-order valence-electron chi connectivity index (χ3n) is 5.49. The molecule has 1 aliphatic rings. The third-order valence-corrected chi connectivity index (χ3v) is 6.44. The molecule has 0 spiro atoms. The van der Waals surface area contributed by atoms with Gasteiger partial charge in [-0.15, -0.1) is 11.8 Å². The second-order valence-corrected chi connectivity index (χ2v) is 8.84. The maximum atomic E-state index is 12.4. The lowest BCUT2D eigenvalue weighted by atomic mass is 9.98. The van der Waals surface area contributed by atoms with Crippen LogP contribution >= 0.6 is 11.8 Å². The molecule has 3 aromatic carbocycles. The van der Waals surface area contributed by atoms with Gasteiger partial charge < -0.3 is 15.2 Å². The monoisotopic (exact) mass is 476 g/mol. The molecule has 0 aromatic heterocycles. The number of rotatable bonds is 9. The van der Waals surface area contributed by atoms with Crippen molar-refractivity contribution < 1.29 is 24.2 Å². The van der Waals surface area contributed by atoms with Gasteiger partial charge in [0, 0.05) is 29.5 Å². The molecule has 0 saturated carbocycles. The number of anilines is 1. The molecule has 7 nitrogen and oxygen atoms in total. The molecule has 3 N–H and O–H groups in total. The summed E-state index contributed by atoms with van der Waals surface area (Å²) in [4.78, 5) is 35.1. The summed E-state index contributed by atoms with van der Waals surface area (Å²) in [6.07, 6.45) is -0.561. The number of carbonyl (C=O) groups excluding carboxylic acids is 2. The fraction of sp³-hybridized carbons (Fsp3) is 0.192. The first-order valence-corrected chi connectivity index (χ1v) is 12.0. The van der Waals surface area contributed by atoms with Gasteiger partial charge in [-0.25, -0.2) is 4.79 Å². The zero-order chi connectivity index (χ0) is 23.9. The summed E-state index contributed by atoms with van der Waals surface area (Å²) in [5.41, 5.74) is 5.59. The van der Waals surface area contributed by atoms with Gasteiger partial charge in [-0.2, -0.15) is 0 Å². The number of amides is 2. The fourth-order valence-electron chi connectivity index (χ4n) is 3.96. The first-order chi connectivity index (χ1) is 16.5. The molecule has 0 bridgehead atoms. The molecule has 1 aliphatic carbocycles. The second kappa shape index (κ2) is 10.9. The van der Waals surface area contributed by atoms with Crippen LogP contribution in [0.2, 0.25) is 0 Å². The zero-order valence-corrected chi connectivity index (χ0v) is 19.1. The standard InChI is InChI=1S/C26H24N2O5S/c29-24(30)16-34-14-13-27-25(31)17-9-11-18(12-10-17)28-26(32)33-15-23-21-7-3-1-5-19(21)20-6-2-4-8-22(20)23/h1-12,23H,13-16H2,(H,27,31)(H,28,32)(H,29,30). The number of thioether (sulfide) groups is 1. The molecule has 0 heterocycles. The normalized spacial score (nSPS) is 11.9. The summed E-state index contributed by atoms with van der Waals surface area (Å²) in [5.74, 6) is -0.636. The van der Waals surface area contributed by atoms with Crippen LogP contribution < -0.4 is 10.6 Å². The number of aliphatic carboxylic acids is 1. The lowest BCUT2D eigenvalue weighted by Crippen LogP contribution is -2.26. The number of hydrogen-bond donors (Lipinski definition) is 3. The predicted octanol–water partition coefficient (Wildman–Crippen LogP) is 4.60. The molecule has 4 rings (SSSR count). The molecular weight excluding hydrogens is 452 g/mol. The van der Waals surface area contributed by atoms with Crippen molar-refractivity contribution >= 4 is 35.4 Å². The van der Waals surface area contributed by atoms with E-state index in [2.05, 4.69) is 34.9 Å². The minimum atomic E-state index is -0.879. The van der Waals surface area contributed by atoms with E-state index >= 15 is 0 Å². The summed E-state index contributed by atoms with van der Waals surface area (Å²) in [7, 11) is 0. The Balaban J connectivity index is 1.28. The van der Waals surface area contributed by atoms with Gasteiger partial charge in [0.15, 0.2) is 0 Å². The van der Waals surface area contributed by atoms with Crippen LogP contribution in [0.4, 0.5) is 10.5 Å². The van der Waals surface area contributed by atoms with Crippen molar-refractivity contribution in [2.45, 2.75) is 5.92 Å². The largest absolute Gasteiger partial charge is 0.481 e. The quantitative estimate of drug-likeness (QED) is 0.390. The van der Waals surface area contributed by atoms with Crippen LogP contribution in [0.15, 0.2) is 72.8 Å². The van der Waals surface area contributed by atoms with Gasteiger partial charge in [0.25, 0.3) is 5.91 Å². The van der Waals surface area contributed by atoms with E-state index in [1.807, 2.05) is 24.3 Å². The molecule has 174 valence electrons. The highest BCUT2D eigenvalue weighted by molar-refractivity contribution is 7.99. The Kier molecular flexibility index (Phi) is 7.49. The third kappa shape index (κ3) is 5.58. The van der Waals surface area contributed by atoms with Gasteiger partial charge in [0.1, 0.15) is 6.61 Å². The highest BCUT2D eigenvalue weighted by Gasteiger charge is 2.29. The van der Waals surface area contributed by atoms with Crippen molar-refractivity contribution in [3.05, 3.63) is 89.5 Å². The highest BCUT2D eigenvalue weighted by Crippen LogP contribution is 2.44. The highest BCUT2D eigenvalue weighted by atomic mass is 32.2. The summed E-state index contributed by atoms with van der Waals surface area (Å²) >= 11 is 1.24. The number of carboxylic acids is 1. The van der Waals surface area contributed by atoms with Gasteiger partial charge >= 0.3 is 12.1 Å². The Morgan fingerprint density at radius 2 is 1.50 bits per heavy atom. The van der Waals surface area contributed by atoms with E-state index < -0.39 is 12.1 Å². The van der Waals surface area contributed by atoms with Crippen LogP contribution in [0.3, 0.4) is 0 Å². The van der Waals surface area contributed by atoms with E-state index in [4.69, 9.17) is 9.84 Å². The molecule has 0 atom stereocenters. The van der Waals surface area contributed by atoms with Crippen molar-refractivity contribution in [1.82, 2.24) is 5.32 Å². The molecule has 0 fully saturated rings. The summed E-state index contributed by atoms with van der Waals surface area (Å²) in [6, 6.07) is 22.8. The van der Waals surface area contributed by atoms with Crippen molar-refractivity contribution in [2.75, 3.05) is 30.0 Å². The maximum absolute atomic E-state index is 12.4. The van der Waals surface area contributed by atoms with Crippen LogP contribution in [0.25, 0.3) is 11.1 Å². The molecule has 0 saturated heterocycles. The van der Waals surface area contributed by atoms with Gasteiger partial charge in [-0.1, -0.05) is 48.5 Å². The minimum absolute atomic E-state index is 0.00606. The smallest absolute Gasteiger partial charge is 0.411 e.